The molecule has 0 aromatic carbocycles. The molecule has 4 heteroatoms. The van der Waals surface area contributed by atoms with Crippen LogP contribution in [0.25, 0.3) is 10.2 Å². The fourth-order valence-electron chi connectivity index (χ4n) is 0.993. The maximum atomic E-state index is 5.71. The largest absolute Gasteiger partial charge is 0.324 e. The number of nitrogens with zero attached hydrogens (tertiary/aromatic N) is 1. The van der Waals surface area contributed by atoms with Gasteiger partial charge in [0.05, 0.1) is 16.4 Å². The van der Waals surface area contributed by atoms with Crippen LogP contribution in [0.5, 0.6) is 0 Å². The van der Waals surface area contributed by atoms with Crippen molar-refractivity contribution in [2.75, 3.05) is 0 Å². The van der Waals surface area contributed by atoms with Gasteiger partial charge in [0.15, 0.2) is 0 Å². The number of nitrogens with one attached hydrogen (secondary N) is 1. The van der Waals surface area contributed by atoms with Gasteiger partial charge in [-0.1, -0.05) is 0 Å². The van der Waals surface area contributed by atoms with Crippen LogP contribution in [0.2, 0.25) is 0 Å². The number of nitrogens with two attached hydrogens (primary N) is 1. The molecule has 11 heavy (non-hydrogen) atoms. The second-order valence-electron chi connectivity index (χ2n) is 2.59. The maximum Gasteiger partial charge on any atom is 0.0761 e. The molecule has 0 radical (unpaired) electrons. The monoisotopic (exact) mass is 167 g/mol. The van der Waals surface area contributed by atoms with Gasteiger partial charge in [0, 0.05) is 10.9 Å². The summed E-state index contributed by atoms with van der Waals surface area (Å²) >= 11 is 1.69. The topological polar surface area (TPSA) is 54.7 Å². The van der Waals surface area contributed by atoms with Crippen LogP contribution in [0.15, 0.2) is 12.3 Å². The van der Waals surface area contributed by atoms with E-state index < -0.39 is 0 Å². The number of thiophene rings is 1. The second-order valence-corrected chi connectivity index (χ2v) is 3.70. The average molecular weight is 167 g/mol. The first kappa shape index (κ1) is 6.82. The van der Waals surface area contributed by atoms with Crippen LogP contribution in [0.1, 0.15) is 17.8 Å². The van der Waals surface area contributed by atoms with Crippen molar-refractivity contribution < 1.29 is 0 Å². The molecular weight excluding hydrogens is 158 g/mol. The van der Waals surface area contributed by atoms with E-state index in [1.807, 2.05) is 13.1 Å². The molecule has 2 rings (SSSR count). The molecule has 0 bridgehead atoms. The highest BCUT2D eigenvalue weighted by atomic mass is 32.1. The molecule has 1 atom stereocenters. The normalized spacial score (nSPS) is 14.0. The molecule has 2 aromatic heterocycles. The average Bonchev–Trinajstić information content (AvgIpc) is 2.40. The molecule has 3 nitrogen and oxygen atoms in total. The SMILES string of the molecule is CC(N)c1cc2[nH]ncc2s1. The number of hydrogen-bond donors (Lipinski definition) is 2. The van der Waals surface area contributed by atoms with E-state index in [0.717, 1.165) is 5.52 Å². The Bertz CT molecular complexity index is 332. The molecular formula is C7H9N3S. The van der Waals surface area contributed by atoms with Crippen molar-refractivity contribution >= 4 is 21.6 Å². The van der Waals surface area contributed by atoms with E-state index in [9.17, 15) is 0 Å². The Balaban J connectivity index is 2.58. The molecule has 0 saturated heterocycles. The van der Waals surface area contributed by atoms with Crippen LogP contribution in [0.3, 0.4) is 0 Å². The van der Waals surface area contributed by atoms with Gasteiger partial charge in [-0.15, -0.1) is 11.3 Å². The third kappa shape index (κ3) is 1.04. The van der Waals surface area contributed by atoms with E-state index in [-0.39, 0.29) is 6.04 Å². The van der Waals surface area contributed by atoms with Crippen molar-refractivity contribution in [3.05, 3.63) is 17.1 Å². The molecule has 0 aliphatic carbocycles. The van der Waals surface area contributed by atoms with Crippen molar-refractivity contribution in [2.45, 2.75) is 13.0 Å². The van der Waals surface area contributed by atoms with Crippen molar-refractivity contribution in [3.8, 4) is 0 Å². The first-order chi connectivity index (χ1) is 5.27. The number of aromatic amines is 1. The van der Waals surface area contributed by atoms with Crippen molar-refractivity contribution in [3.63, 3.8) is 0 Å². The number of aromatic nitrogens is 2. The quantitative estimate of drug-likeness (QED) is 0.678. The summed E-state index contributed by atoms with van der Waals surface area (Å²) in [5.41, 5.74) is 6.80. The third-order valence-electron chi connectivity index (χ3n) is 1.60. The van der Waals surface area contributed by atoms with Crippen molar-refractivity contribution in [1.29, 1.82) is 0 Å². The van der Waals surface area contributed by atoms with Crippen LogP contribution in [-0.4, -0.2) is 10.2 Å². The van der Waals surface area contributed by atoms with E-state index in [2.05, 4.69) is 16.3 Å². The Kier molecular flexibility index (Phi) is 1.44. The highest BCUT2D eigenvalue weighted by Crippen LogP contribution is 2.26. The highest BCUT2D eigenvalue weighted by molar-refractivity contribution is 7.19. The summed E-state index contributed by atoms with van der Waals surface area (Å²) in [6.45, 7) is 1.98. The Morgan fingerprint density at radius 3 is 3.18 bits per heavy atom. The van der Waals surface area contributed by atoms with Gasteiger partial charge < -0.3 is 5.73 Å². The number of H-pyrrole nitrogens is 1. The van der Waals surface area contributed by atoms with Crippen LogP contribution >= 0.6 is 11.3 Å². The summed E-state index contributed by atoms with van der Waals surface area (Å²) in [7, 11) is 0. The fraction of sp³-hybridized carbons (Fsp3) is 0.286. The fourth-order valence-corrected chi connectivity index (χ4v) is 1.93. The van der Waals surface area contributed by atoms with Crippen molar-refractivity contribution in [2.24, 2.45) is 5.73 Å². The predicted octanol–water partition coefficient (Wildman–Crippen LogP) is 1.64. The molecule has 0 amide bonds. The molecule has 2 heterocycles. The minimum atomic E-state index is 0.126. The van der Waals surface area contributed by atoms with Crippen molar-refractivity contribution in [1.82, 2.24) is 10.2 Å². The molecule has 1 unspecified atom stereocenters. The lowest BCUT2D eigenvalue weighted by Crippen LogP contribution is -2.01. The van der Waals surface area contributed by atoms with Crippen LogP contribution in [0, 0.1) is 0 Å². The molecule has 0 spiro atoms. The summed E-state index contributed by atoms with van der Waals surface area (Å²) in [5, 5.41) is 6.81. The molecule has 2 aromatic rings. The first-order valence-electron chi connectivity index (χ1n) is 3.46. The Hall–Kier alpha value is -0.870. The Morgan fingerprint density at radius 2 is 2.55 bits per heavy atom. The zero-order valence-corrected chi connectivity index (χ0v) is 6.98. The van der Waals surface area contributed by atoms with Gasteiger partial charge in [-0.3, -0.25) is 5.10 Å². The predicted molar refractivity (Wildman–Crippen MR) is 46.6 cm³/mol. The molecule has 0 aliphatic rings. The Morgan fingerprint density at radius 1 is 1.73 bits per heavy atom. The summed E-state index contributed by atoms with van der Waals surface area (Å²) in [4.78, 5) is 1.20. The van der Waals surface area contributed by atoms with Gasteiger partial charge in [-0.2, -0.15) is 5.10 Å². The summed E-state index contributed by atoms with van der Waals surface area (Å²) in [5.74, 6) is 0. The van der Waals surface area contributed by atoms with Gasteiger partial charge in [-0.25, -0.2) is 0 Å². The molecule has 58 valence electrons. The smallest absolute Gasteiger partial charge is 0.0761 e. The summed E-state index contributed by atoms with van der Waals surface area (Å²) in [6, 6.07) is 2.18. The Labute approximate surface area is 68.2 Å². The standard InChI is InChI=1S/C7H9N3S/c1-4(8)6-2-5-7(11-6)3-9-10-5/h2-4H,8H2,1H3,(H,9,10). The van der Waals surface area contributed by atoms with Crippen LogP contribution in [-0.2, 0) is 0 Å². The minimum absolute atomic E-state index is 0.126. The summed E-state index contributed by atoms with van der Waals surface area (Å²) < 4.78 is 1.18. The molecule has 0 fully saturated rings. The lowest BCUT2D eigenvalue weighted by atomic mass is 10.3. The van der Waals surface area contributed by atoms with Gasteiger partial charge in [0.25, 0.3) is 0 Å². The number of fused-ring (bicyclic) bond motifs is 1. The van der Waals surface area contributed by atoms with Gasteiger partial charge in [-0.05, 0) is 13.0 Å². The van der Waals surface area contributed by atoms with Crippen LogP contribution < -0.4 is 5.73 Å². The van der Waals surface area contributed by atoms with Gasteiger partial charge in [0.2, 0.25) is 0 Å². The van der Waals surface area contributed by atoms with Crippen LogP contribution in [0.4, 0.5) is 0 Å². The van der Waals surface area contributed by atoms with E-state index >= 15 is 0 Å². The van der Waals surface area contributed by atoms with Gasteiger partial charge >= 0.3 is 0 Å². The number of hydrogen-bond acceptors (Lipinski definition) is 3. The third-order valence-corrected chi connectivity index (χ3v) is 2.87. The van der Waals surface area contributed by atoms with E-state index in [0.29, 0.717) is 0 Å². The van der Waals surface area contributed by atoms with E-state index in [4.69, 9.17) is 5.73 Å². The molecule has 3 N–H and O–H groups in total. The second kappa shape index (κ2) is 2.32. The zero-order valence-electron chi connectivity index (χ0n) is 6.16. The van der Waals surface area contributed by atoms with Gasteiger partial charge in [0.1, 0.15) is 0 Å². The lowest BCUT2D eigenvalue weighted by molar-refractivity contribution is 0.838. The van der Waals surface area contributed by atoms with E-state index in [1.54, 1.807) is 11.3 Å². The van der Waals surface area contributed by atoms with E-state index in [1.165, 1.54) is 9.58 Å². The minimum Gasteiger partial charge on any atom is -0.324 e. The highest BCUT2D eigenvalue weighted by Gasteiger charge is 2.05. The summed E-state index contributed by atoms with van der Waals surface area (Å²) in [6.07, 6.45) is 1.83. The first-order valence-corrected chi connectivity index (χ1v) is 4.27. The maximum absolute atomic E-state index is 5.71. The number of rotatable bonds is 1. The lowest BCUT2D eigenvalue weighted by Gasteiger charge is -1.96. The molecule has 0 aliphatic heterocycles. The molecule has 0 saturated carbocycles. The zero-order chi connectivity index (χ0) is 7.84.